The number of halogens is 3. The SMILES string of the molecule is CC1(C)CC(c2ccco2)=C1C(=O)C(F)(F)F. The minimum atomic E-state index is -4.83. The molecule has 0 spiro atoms. The van der Waals surface area contributed by atoms with Gasteiger partial charge in [-0.15, -0.1) is 0 Å². The van der Waals surface area contributed by atoms with Crippen LogP contribution in [0, 0.1) is 5.41 Å². The van der Waals surface area contributed by atoms with E-state index in [0.29, 0.717) is 17.8 Å². The summed E-state index contributed by atoms with van der Waals surface area (Å²) < 4.78 is 42.4. The highest BCUT2D eigenvalue weighted by molar-refractivity contribution is 6.09. The van der Waals surface area contributed by atoms with Crippen LogP contribution >= 0.6 is 0 Å². The number of allylic oxidation sites excluding steroid dienone is 2. The van der Waals surface area contributed by atoms with Crippen LogP contribution < -0.4 is 0 Å². The van der Waals surface area contributed by atoms with E-state index in [1.54, 1.807) is 26.0 Å². The van der Waals surface area contributed by atoms with Crippen LogP contribution in [0.15, 0.2) is 28.4 Å². The molecule has 17 heavy (non-hydrogen) atoms. The Morgan fingerprint density at radius 2 is 2.06 bits per heavy atom. The van der Waals surface area contributed by atoms with Gasteiger partial charge in [-0.1, -0.05) is 13.8 Å². The van der Waals surface area contributed by atoms with E-state index in [1.807, 2.05) is 0 Å². The van der Waals surface area contributed by atoms with E-state index in [-0.39, 0.29) is 5.57 Å². The molecule has 1 heterocycles. The summed E-state index contributed by atoms with van der Waals surface area (Å²) in [5.41, 5.74) is -0.559. The number of rotatable bonds is 2. The monoisotopic (exact) mass is 244 g/mol. The van der Waals surface area contributed by atoms with Crippen molar-refractivity contribution < 1.29 is 22.4 Å². The number of hydrogen-bond acceptors (Lipinski definition) is 2. The fourth-order valence-corrected chi connectivity index (χ4v) is 2.17. The summed E-state index contributed by atoms with van der Waals surface area (Å²) in [5.74, 6) is -1.42. The van der Waals surface area contributed by atoms with E-state index in [1.165, 1.54) is 6.26 Å². The molecule has 1 aromatic heterocycles. The van der Waals surface area contributed by atoms with Crippen LogP contribution in [0.3, 0.4) is 0 Å². The van der Waals surface area contributed by atoms with Crippen molar-refractivity contribution in [1.82, 2.24) is 0 Å². The van der Waals surface area contributed by atoms with Crippen LogP contribution in [0.1, 0.15) is 26.0 Å². The van der Waals surface area contributed by atoms with Gasteiger partial charge in [0.2, 0.25) is 0 Å². The van der Waals surface area contributed by atoms with Gasteiger partial charge in [-0.05, 0) is 24.0 Å². The molecule has 0 bridgehead atoms. The number of hydrogen-bond donors (Lipinski definition) is 0. The lowest BCUT2D eigenvalue weighted by molar-refractivity contribution is -0.168. The molecular weight excluding hydrogens is 233 g/mol. The van der Waals surface area contributed by atoms with Gasteiger partial charge in [-0.25, -0.2) is 0 Å². The number of carbonyl (C=O) groups is 1. The Labute approximate surface area is 96.1 Å². The van der Waals surface area contributed by atoms with E-state index >= 15 is 0 Å². The van der Waals surface area contributed by atoms with E-state index in [0.717, 1.165) is 0 Å². The minimum Gasteiger partial charge on any atom is -0.465 e. The molecule has 0 saturated heterocycles. The number of alkyl halides is 3. The molecule has 0 fully saturated rings. The lowest BCUT2D eigenvalue weighted by atomic mass is 9.64. The summed E-state index contributed by atoms with van der Waals surface area (Å²) in [6, 6.07) is 3.15. The Hall–Kier alpha value is -1.52. The molecule has 92 valence electrons. The van der Waals surface area contributed by atoms with Crippen molar-refractivity contribution in [3.8, 4) is 0 Å². The molecule has 1 aromatic rings. The van der Waals surface area contributed by atoms with Gasteiger partial charge in [-0.3, -0.25) is 4.79 Å². The predicted octanol–water partition coefficient (Wildman–Crippen LogP) is 3.59. The highest BCUT2D eigenvalue weighted by Gasteiger charge is 2.51. The minimum absolute atomic E-state index is 0.181. The second-order valence-electron chi connectivity index (χ2n) is 4.72. The summed E-state index contributed by atoms with van der Waals surface area (Å²) in [4.78, 5) is 11.3. The third kappa shape index (κ3) is 1.90. The van der Waals surface area contributed by atoms with Crippen molar-refractivity contribution in [3.05, 3.63) is 29.7 Å². The van der Waals surface area contributed by atoms with Gasteiger partial charge in [0, 0.05) is 11.1 Å². The fraction of sp³-hybridized carbons (Fsp3) is 0.417. The molecule has 0 amide bonds. The Morgan fingerprint density at radius 3 is 2.47 bits per heavy atom. The average Bonchev–Trinajstić information content (AvgIpc) is 2.65. The van der Waals surface area contributed by atoms with Crippen molar-refractivity contribution in [1.29, 1.82) is 0 Å². The number of Topliss-reactive ketones (excluding diaryl/α,β-unsaturated/α-hetero) is 1. The Balaban J connectivity index is 2.47. The Bertz CT molecular complexity index is 478. The molecule has 0 unspecified atom stereocenters. The zero-order valence-electron chi connectivity index (χ0n) is 9.39. The topological polar surface area (TPSA) is 30.2 Å². The van der Waals surface area contributed by atoms with Crippen molar-refractivity contribution in [2.45, 2.75) is 26.4 Å². The normalized spacial score (nSPS) is 19.1. The molecule has 2 nitrogen and oxygen atoms in total. The number of ketones is 1. The van der Waals surface area contributed by atoms with E-state index in [9.17, 15) is 18.0 Å². The van der Waals surface area contributed by atoms with Crippen molar-refractivity contribution in [2.75, 3.05) is 0 Å². The molecular formula is C12H11F3O2. The zero-order chi connectivity index (χ0) is 12.8. The maximum atomic E-state index is 12.5. The summed E-state index contributed by atoms with van der Waals surface area (Å²) in [5, 5.41) is 0. The summed E-state index contributed by atoms with van der Waals surface area (Å²) in [7, 11) is 0. The zero-order valence-corrected chi connectivity index (χ0v) is 9.39. The van der Waals surface area contributed by atoms with Gasteiger partial charge in [0.15, 0.2) is 0 Å². The highest BCUT2D eigenvalue weighted by Crippen LogP contribution is 2.52. The van der Waals surface area contributed by atoms with E-state index < -0.39 is 17.4 Å². The Morgan fingerprint density at radius 1 is 1.41 bits per heavy atom. The van der Waals surface area contributed by atoms with Gasteiger partial charge in [0.05, 0.1) is 6.26 Å². The molecule has 1 aliphatic rings. The molecule has 5 heteroatoms. The first-order valence-electron chi connectivity index (χ1n) is 5.12. The van der Waals surface area contributed by atoms with Gasteiger partial charge in [0.25, 0.3) is 5.78 Å². The fourth-order valence-electron chi connectivity index (χ4n) is 2.17. The maximum absolute atomic E-state index is 12.5. The number of carbonyl (C=O) groups excluding carboxylic acids is 1. The third-order valence-electron chi connectivity index (χ3n) is 2.90. The van der Waals surface area contributed by atoms with Gasteiger partial charge < -0.3 is 4.42 Å². The lowest BCUT2D eigenvalue weighted by Crippen LogP contribution is -2.38. The molecule has 0 saturated carbocycles. The molecule has 0 N–H and O–H groups in total. The highest BCUT2D eigenvalue weighted by atomic mass is 19.4. The maximum Gasteiger partial charge on any atom is 0.454 e. The predicted molar refractivity (Wildman–Crippen MR) is 55.1 cm³/mol. The van der Waals surface area contributed by atoms with E-state index in [4.69, 9.17) is 4.42 Å². The van der Waals surface area contributed by atoms with Crippen LogP contribution in [-0.4, -0.2) is 12.0 Å². The number of furan rings is 1. The van der Waals surface area contributed by atoms with E-state index in [2.05, 4.69) is 0 Å². The summed E-state index contributed by atoms with van der Waals surface area (Å²) in [6.07, 6.45) is -3.04. The molecule has 0 aliphatic heterocycles. The molecule has 1 aliphatic carbocycles. The van der Waals surface area contributed by atoms with Gasteiger partial charge >= 0.3 is 6.18 Å². The first-order valence-corrected chi connectivity index (χ1v) is 5.12. The standard InChI is InChI=1S/C12H11F3O2/c1-11(2)6-7(8-4-3-5-17-8)9(11)10(16)12(13,14)15/h3-5H,6H2,1-2H3. The quantitative estimate of drug-likeness (QED) is 0.795. The molecule has 0 atom stereocenters. The second-order valence-corrected chi connectivity index (χ2v) is 4.72. The Kier molecular flexibility index (Phi) is 2.45. The molecule has 0 aromatic carbocycles. The van der Waals surface area contributed by atoms with Gasteiger partial charge in [-0.2, -0.15) is 13.2 Å². The first kappa shape index (κ1) is 12.0. The second kappa shape index (κ2) is 3.48. The van der Waals surface area contributed by atoms with Crippen molar-refractivity contribution in [2.24, 2.45) is 5.41 Å². The van der Waals surface area contributed by atoms with Crippen molar-refractivity contribution >= 4 is 11.4 Å². The summed E-state index contributed by atoms with van der Waals surface area (Å²) in [6.45, 7) is 3.25. The van der Waals surface area contributed by atoms with Crippen LogP contribution in [0.25, 0.3) is 5.57 Å². The van der Waals surface area contributed by atoms with Gasteiger partial charge in [0.1, 0.15) is 5.76 Å². The third-order valence-corrected chi connectivity index (χ3v) is 2.90. The molecule has 2 rings (SSSR count). The van der Waals surface area contributed by atoms with Crippen LogP contribution in [-0.2, 0) is 4.79 Å². The van der Waals surface area contributed by atoms with Crippen LogP contribution in [0.4, 0.5) is 13.2 Å². The summed E-state index contributed by atoms with van der Waals surface area (Å²) >= 11 is 0. The van der Waals surface area contributed by atoms with Crippen LogP contribution in [0.5, 0.6) is 0 Å². The largest absolute Gasteiger partial charge is 0.465 e. The first-order chi connectivity index (χ1) is 7.73. The van der Waals surface area contributed by atoms with Crippen LogP contribution in [0.2, 0.25) is 0 Å². The molecule has 0 radical (unpaired) electrons. The smallest absolute Gasteiger partial charge is 0.454 e. The van der Waals surface area contributed by atoms with Crippen molar-refractivity contribution in [3.63, 3.8) is 0 Å². The lowest BCUT2D eigenvalue weighted by Gasteiger charge is -2.39. The average molecular weight is 244 g/mol.